The van der Waals surface area contributed by atoms with Crippen LogP contribution in [0.25, 0.3) is 0 Å². The van der Waals surface area contributed by atoms with Crippen molar-refractivity contribution in [1.82, 2.24) is 10.3 Å². The summed E-state index contributed by atoms with van der Waals surface area (Å²) in [5, 5.41) is 10.5. The van der Waals surface area contributed by atoms with Gasteiger partial charge in [0.15, 0.2) is 0 Å². The maximum atomic E-state index is 10.1. The van der Waals surface area contributed by atoms with Gasteiger partial charge in [0.25, 0.3) is 0 Å². The van der Waals surface area contributed by atoms with Crippen LogP contribution < -0.4 is 5.32 Å². The lowest BCUT2D eigenvalue weighted by molar-refractivity contribution is 0.196. The van der Waals surface area contributed by atoms with E-state index in [0.717, 1.165) is 4.90 Å². The molecule has 64 valence electrons. The fraction of sp³-hybridized carbons (Fsp3) is 0.143. The molecule has 1 aromatic heterocycles. The lowest BCUT2D eigenvalue weighted by Crippen LogP contribution is -2.19. The Balaban J connectivity index is 2.29. The normalized spacial score (nSPS) is 9.33. The predicted molar refractivity (Wildman–Crippen MR) is 46.1 cm³/mol. The number of pyridine rings is 1. The zero-order valence-electron chi connectivity index (χ0n) is 6.23. The summed E-state index contributed by atoms with van der Waals surface area (Å²) in [6.45, 7) is 0. The molecule has 4 nitrogen and oxygen atoms in total. The quantitative estimate of drug-likeness (QED) is 0.550. The summed E-state index contributed by atoms with van der Waals surface area (Å²) in [6, 6.07) is 3.66. The van der Waals surface area contributed by atoms with E-state index in [4.69, 9.17) is 5.11 Å². The Bertz CT molecular complexity index is 253. The molecule has 0 spiro atoms. The molecule has 0 aliphatic heterocycles. The highest BCUT2D eigenvalue weighted by molar-refractivity contribution is 7.99. The van der Waals surface area contributed by atoms with Crippen LogP contribution in [0.2, 0.25) is 0 Å². The Morgan fingerprint density at radius 2 is 2.25 bits per heavy atom. The number of aromatic nitrogens is 1. The molecule has 5 heteroatoms. The van der Waals surface area contributed by atoms with E-state index in [9.17, 15) is 4.79 Å². The molecule has 0 aliphatic rings. The highest BCUT2D eigenvalue weighted by Crippen LogP contribution is 2.13. The van der Waals surface area contributed by atoms with Crippen molar-refractivity contribution in [2.24, 2.45) is 0 Å². The van der Waals surface area contributed by atoms with Gasteiger partial charge in [-0.3, -0.25) is 4.98 Å². The number of carboxylic acid groups (broad SMARTS) is 1. The minimum Gasteiger partial charge on any atom is -0.465 e. The molecule has 1 amide bonds. The molecule has 0 saturated heterocycles. The van der Waals surface area contributed by atoms with Gasteiger partial charge in [0.1, 0.15) is 0 Å². The topological polar surface area (TPSA) is 62.2 Å². The molecule has 1 heterocycles. The second-order valence-corrected chi connectivity index (χ2v) is 3.00. The standard InChI is InChI=1S/C7H8N2O2S/c10-7(11)9-5-12-6-1-3-8-4-2-6/h1-4,9H,5H2,(H,10,11). The molecule has 12 heavy (non-hydrogen) atoms. The Kier molecular flexibility index (Phi) is 3.40. The lowest BCUT2D eigenvalue weighted by Gasteiger charge is -1.99. The van der Waals surface area contributed by atoms with E-state index in [0.29, 0.717) is 5.88 Å². The molecule has 2 N–H and O–H groups in total. The van der Waals surface area contributed by atoms with Crippen molar-refractivity contribution in [3.05, 3.63) is 24.5 Å². The highest BCUT2D eigenvalue weighted by atomic mass is 32.2. The third kappa shape index (κ3) is 3.25. The van der Waals surface area contributed by atoms with E-state index in [1.54, 1.807) is 12.4 Å². The van der Waals surface area contributed by atoms with E-state index in [1.807, 2.05) is 12.1 Å². The first-order valence-corrected chi connectivity index (χ1v) is 4.27. The van der Waals surface area contributed by atoms with E-state index in [1.165, 1.54) is 11.8 Å². The number of hydrogen-bond donors (Lipinski definition) is 2. The number of hydrogen-bond acceptors (Lipinski definition) is 3. The number of rotatable bonds is 3. The molecular formula is C7H8N2O2S. The fourth-order valence-corrected chi connectivity index (χ4v) is 1.29. The van der Waals surface area contributed by atoms with Crippen molar-refractivity contribution in [2.45, 2.75) is 4.90 Å². The maximum Gasteiger partial charge on any atom is 0.405 e. The number of nitrogens with one attached hydrogen (secondary N) is 1. The highest BCUT2D eigenvalue weighted by Gasteiger charge is 1.94. The van der Waals surface area contributed by atoms with Crippen LogP contribution in [0.1, 0.15) is 0 Å². The van der Waals surface area contributed by atoms with Crippen LogP contribution in [0.3, 0.4) is 0 Å². The molecule has 0 aliphatic carbocycles. The molecule has 1 aromatic rings. The largest absolute Gasteiger partial charge is 0.465 e. The van der Waals surface area contributed by atoms with Crippen molar-refractivity contribution in [1.29, 1.82) is 0 Å². The maximum absolute atomic E-state index is 10.1. The molecule has 0 bridgehead atoms. The van der Waals surface area contributed by atoms with Gasteiger partial charge in [-0.15, -0.1) is 11.8 Å². The van der Waals surface area contributed by atoms with Crippen LogP contribution >= 0.6 is 11.8 Å². The van der Waals surface area contributed by atoms with E-state index in [-0.39, 0.29) is 0 Å². The van der Waals surface area contributed by atoms with Crippen molar-refractivity contribution in [2.75, 3.05) is 5.88 Å². The van der Waals surface area contributed by atoms with E-state index in [2.05, 4.69) is 10.3 Å². The molecule has 0 aromatic carbocycles. The molecule has 0 fully saturated rings. The summed E-state index contributed by atoms with van der Waals surface area (Å²) in [7, 11) is 0. The third-order valence-corrected chi connectivity index (χ3v) is 2.01. The summed E-state index contributed by atoms with van der Waals surface area (Å²) in [6.07, 6.45) is 2.34. The van der Waals surface area contributed by atoms with Crippen molar-refractivity contribution < 1.29 is 9.90 Å². The minimum absolute atomic E-state index is 0.360. The third-order valence-electron chi connectivity index (χ3n) is 1.11. The average Bonchev–Trinajstić information content (AvgIpc) is 2.05. The summed E-state index contributed by atoms with van der Waals surface area (Å²) >= 11 is 1.42. The molecule has 0 unspecified atom stereocenters. The number of amides is 1. The fourth-order valence-electron chi connectivity index (χ4n) is 0.616. The number of nitrogens with zero attached hydrogens (tertiary/aromatic N) is 1. The minimum atomic E-state index is -1.00. The van der Waals surface area contributed by atoms with Crippen LogP contribution in [-0.2, 0) is 0 Å². The average molecular weight is 184 g/mol. The van der Waals surface area contributed by atoms with Crippen LogP contribution in [-0.4, -0.2) is 22.1 Å². The SMILES string of the molecule is O=C(O)NCSc1ccncc1. The van der Waals surface area contributed by atoms with Gasteiger partial charge < -0.3 is 10.4 Å². The number of carbonyl (C=O) groups is 1. The number of thioether (sulfide) groups is 1. The zero-order chi connectivity index (χ0) is 8.81. The van der Waals surface area contributed by atoms with Gasteiger partial charge in [0, 0.05) is 17.3 Å². The van der Waals surface area contributed by atoms with Gasteiger partial charge in [-0.25, -0.2) is 4.79 Å². The lowest BCUT2D eigenvalue weighted by atomic mass is 10.5. The van der Waals surface area contributed by atoms with Crippen LogP contribution in [0.4, 0.5) is 4.79 Å². The molecule has 1 rings (SSSR count). The Morgan fingerprint density at radius 1 is 1.58 bits per heavy atom. The van der Waals surface area contributed by atoms with Crippen molar-refractivity contribution in [3.8, 4) is 0 Å². The second kappa shape index (κ2) is 4.61. The summed E-state index contributed by atoms with van der Waals surface area (Å²) < 4.78 is 0. The monoisotopic (exact) mass is 184 g/mol. The Hall–Kier alpha value is -1.23. The summed E-state index contributed by atoms with van der Waals surface area (Å²) in [4.78, 5) is 14.9. The Labute approximate surface area is 74.0 Å². The first-order valence-electron chi connectivity index (χ1n) is 3.28. The van der Waals surface area contributed by atoms with Crippen LogP contribution in [0, 0.1) is 0 Å². The molecule has 0 saturated carbocycles. The van der Waals surface area contributed by atoms with Gasteiger partial charge >= 0.3 is 6.09 Å². The second-order valence-electron chi connectivity index (χ2n) is 1.95. The smallest absolute Gasteiger partial charge is 0.405 e. The first kappa shape index (κ1) is 8.86. The molecule has 0 radical (unpaired) electrons. The summed E-state index contributed by atoms with van der Waals surface area (Å²) in [5.74, 6) is 0.360. The predicted octanol–water partition coefficient (Wildman–Crippen LogP) is 1.40. The molecule has 0 atom stereocenters. The molecular weight excluding hydrogens is 176 g/mol. The van der Waals surface area contributed by atoms with Crippen molar-refractivity contribution in [3.63, 3.8) is 0 Å². The van der Waals surface area contributed by atoms with E-state index < -0.39 is 6.09 Å². The van der Waals surface area contributed by atoms with E-state index >= 15 is 0 Å². The first-order chi connectivity index (χ1) is 5.79. The van der Waals surface area contributed by atoms with Crippen LogP contribution in [0.15, 0.2) is 29.4 Å². The van der Waals surface area contributed by atoms with Gasteiger partial charge in [0.2, 0.25) is 0 Å². The summed E-state index contributed by atoms with van der Waals surface area (Å²) in [5.41, 5.74) is 0. The van der Waals surface area contributed by atoms with Gasteiger partial charge in [-0.05, 0) is 12.1 Å². The van der Waals surface area contributed by atoms with Gasteiger partial charge in [-0.2, -0.15) is 0 Å². The zero-order valence-corrected chi connectivity index (χ0v) is 7.04. The van der Waals surface area contributed by atoms with Crippen LogP contribution in [0.5, 0.6) is 0 Å². The van der Waals surface area contributed by atoms with Gasteiger partial charge in [-0.1, -0.05) is 0 Å². The van der Waals surface area contributed by atoms with Gasteiger partial charge in [0.05, 0.1) is 5.88 Å². The van der Waals surface area contributed by atoms with Crippen molar-refractivity contribution >= 4 is 17.9 Å². The Morgan fingerprint density at radius 3 is 2.83 bits per heavy atom.